The Morgan fingerprint density at radius 1 is 1.30 bits per heavy atom. The topological polar surface area (TPSA) is 84.4 Å². The Balaban J connectivity index is 2.58. The van der Waals surface area contributed by atoms with Gasteiger partial charge in [0.25, 0.3) is 5.91 Å². The van der Waals surface area contributed by atoms with Crippen molar-refractivity contribution >= 4 is 11.8 Å². The van der Waals surface area contributed by atoms with Gasteiger partial charge < -0.3 is 15.0 Å². The van der Waals surface area contributed by atoms with Gasteiger partial charge in [0.2, 0.25) is 5.91 Å². The lowest BCUT2D eigenvalue weighted by Crippen LogP contribution is -2.37. The predicted molar refractivity (Wildman–Crippen MR) is 86.9 cm³/mol. The molecule has 0 aliphatic rings. The van der Waals surface area contributed by atoms with Crippen molar-refractivity contribution in [3.8, 4) is 0 Å². The molecule has 0 aliphatic carbocycles. The molecule has 128 valence electrons. The molecule has 0 atom stereocenters. The van der Waals surface area contributed by atoms with Crippen molar-refractivity contribution in [2.24, 2.45) is 5.92 Å². The molecule has 1 rings (SSSR count). The third kappa shape index (κ3) is 7.69. The monoisotopic (exact) mass is 322 g/mol. The summed E-state index contributed by atoms with van der Waals surface area (Å²) in [6, 6.07) is 0. The zero-order chi connectivity index (χ0) is 17.1. The van der Waals surface area contributed by atoms with Crippen LogP contribution in [-0.4, -0.2) is 60.0 Å². The first-order chi connectivity index (χ1) is 11.0. The molecule has 0 radical (unpaired) electrons. The summed E-state index contributed by atoms with van der Waals surface area (Å²) in [7, 11) is 1.58. The highest BCUT2D eigenvalue weighted by Crippen LogP contribution is 2.07. The second-order valence-corrected chi connectivity index (χ2v) is 5.66. The van der Waals surface area contributed by atoms with E-state index in [-0.39, 0.29) is 18.2 Å². The van der Waals surface area contributed by atoms with E-state index in [1.165, 1.54) is 18.6 Å². The van der Waals surface area contributed by atoms with E-state index in [0.717, 1.165) is 6.42 Å². The van der Waals surface area contributed by atoms with Crippen LogP contribution in [0.1, 0.15) is 37.2 Å². The van der Waals surface area contributed by atoms with Crippen LogP contribution in [0, 0.1) is 5.92 Å². The second kappa shape index (κ2) is 10.7. The molecule has 0 saturated carbocycles. The third-order valence-corrected chi connectivity index (χ3v) is 3.28. The quantitative estimate of drug-likeness (QED) is 0.653. The lowest BCUT2D eigenvalue weighted by Gasteiger charge is -2.23. The summed E-state index contributed by atoms with van der Waals surface area (Å²) in [6.45, 7) is 6.10. The second-order valence-electron chi connectivity index (χ2n) is 5.66. The van der Waals surface area contributed by atoms with Crippen molar-refractivity contribution in [2.45, 2.75) is 26.7 Å². The van der Waals surface area contributed by atoms with Crippen molar-refractivity contribution < 1.29 is 14.3 Å². The van der Waals surface area contributed by atoms with Gasteiger partial charge in [-0.25, -0.2) is 4.98 Å². The number of carbonyl (C=O) groups excluding carboxylic acids is 2. The van der Waals surface area contributed by atoms with E-state index in [1.54, 1.807) is 12.0 Å². The van der Waals surface area contributed by atoms with Crippen LogP contribution in [0.4, 0.5) is 0 Å². The molecule has 7 nitrogen and oxygen atoms in total. The molecule has 0 spiro atoms. The fourth-order valence-electron chi connectivity index (χ4n) is 1.92. The molecule has 1 N–H and O–H groups in total. The fourth-order valence-corrected chi connectivity index (χ4v) is 1.92. The highest BCUT2D eigenvalue weighted by atomic mass is 16.5. The average Bonchev–Trinajstić information content (AvgIpc) is 2.55. The Bertz CT molecular complexity index is 479. The Labute approximate surface area is 137 Å². The molecule has 0 aromatic carbocycles. The van der Waals surface area contributed by atoms with Gasteiger partial charge in [-0.15, -0.1) is 0 Å². The van der Waals surface area contributed by atoms with E-state index in [4.69, 9.17) is 4.74 Å². The van der Waals surface area contributed by atoms with Crippen LogP contribution in [-0.2, 0) is 9.53 Å². The Hall–Kier alpha value is -2.02. The van der Waals surface area contributed by atoms with Crippen molar-refractivity contribution in [1.29, 1.82) is 0 Å². The molecule has 0 saturated heterocycles. The van der Waals surface area contributed by atoms with Gasteiger partial charge in [0, 0.05) is 45.6 Å². The maximum atomic E-state index is 12.5. The van der Waals surface area contributed by atoms with Crippen molar-refractivity contribution in [1.82, 2.24) is 20.2 Å². The van der Waals surface area contributed by atoms with Gasteiger partial charge in [-0.3, -0.25) is 14.6 Å². The van der Waals surface area contributed by atoms with Crippen LogP contribution in [0.3, 0.4) is 0 Å². The minimum Gasteiger partial charge on any atom is -0.383 e. The number of aromatic nitrogens is 2. The molecule has 1 aromatic rings. The van der Waals surface area contributed by atoms with E-state index in [2.05, 4.69) is 29.1 Å². The summed E-state index contributed by atoms with van der Waals surface area (Å²) < 4.78 is 4.88. The molecule has 0 aliphatic heterocycles. The van der Waals surface area contributed by atoms with E-state index < -0.39 is 0 Å². The molecule has 1 heterocycles. The SMILES string of the molecule is COCCNC(=O)CCN(CCC(C)C)C(=O)c1cnccn1. The molecule has 0 unspecified atom stereocenters. The zero-order valence-corrected chi connectivity index (χ0v) is 14.1. The van der Waals surface area contributed by atoms with E-state index >= 15 is 0 Å². The fraction of sp³-hybridized carbons (Fsp3) is 0.625. The number of nitrogens with one attached hydrogen (secondary N) is 1. The Morgan fingerprint density at radius 3 is 2.70 bits per heavy atom. The molecular formula is C16H26N4O3. The minimum absolute atomic E-state index is 0.0939. The van der Waals surface area contributed by atoms with E-state index in [1.807, 2.05) is 0 Å². The van der Waals surface area contributed by atoms with Crippen molar-refractivity contribution in [3.05, 3.63) is 24.3 Å². The first-order valence-corrected chi connectivity index (χ1v) is 7.85. The average molecular weight is 322 g/mol. The first-order valence-electron chi connectivity index (χ1n) is 7.85. The standard InChI is InChI=1S/C16H26N4O3/c1-13(2)4-9-20(10-5-15(21)19-8-11-23-3)16(22)14-12-17-6-7-18-14/h6-7,12-13H,4-5,8-11H2,1-3H3,(H,19,21). The summed E-state index contributed by atoms with van der Waals surface area (Å²) in [5, 5.41) is 2.75. The molecule has 23 heavy (non-hydrogen) atoms. The van der Waals surface area contributed by atoms with Gasteiger partial charge in [0.05, 0.1) is 12.8 Å². The number of nitrogens with zero attached hydrogens (tertiary/aromatic N) is 3. The smallest absolute Gasteiger partial charge is 0.274 e. The molecule has 0 fully saturated rings. The van der Waals surface area contributed by atoms with E-state index in [0.29, 0.717) is 37.9 Å². The highest BCUT2D eigenvalue weighted by Gasteiger charge is 2.18. The summed E-state index contributed by atoms with van der Waals surface area (Å²) in [6.07, 6.45) is 5.60. The molecule has 1 aromatic heterocycles. The zero-order valence-electron chi connectivity index (χ0n) is 14.1. The summed E-state index contributed by atoms with van der Waals surface area (Å²) in [4.78, 5) is 33.9. The van der Waals surface area contributed by atoms with Gasteiger partial charge in [0.1, 0.15) is 5.69 Å². The number of hydrogen-bond donors (Lipinski definition) is 1. The Kier molecular flexibility index (Phi) is 8.82. The Morgan fingerprint density at radius 2 is 2.09 bits per heavy atom. The van der Waals surface area contributed by atoms with Gasteiger partial charge in [0.15, 0.2) is 0 Å². The largest absolute Gasteiger partial charge is 0.383 e. The van der Waals surface area contributed by atoms with Gasteiger partial charge in [-0.2, -0.15) is 0 Å². The predicted octanol–water partition coefficient (Wildman–Crippen LogP) is 1.12. The van der Waals surface area contributed by atoms with Crippen LogP contribution < -0.4 is 5.32 Å². The highest BCUT2D eigenvalue weighted by molar-refractivity contribution is 5.92. The first kappa shape index (κ1) is 19.0. The van der Waals surface area contributed by atoms with Crippen LogP contribution in [0.15, 0.2) is 18.6 Å². The van der Waals surface area contributed by atoms with Gasteiger partial charge in [-0.05, 0) is 12.3 Å². The number of hydrogen-bond acceptors (Lipinski definition) is 5. The maximum Gasteiger partial charge on any atom is 0.274 e. The van der Waals surface area contributed by atoms with Gasteiger partial charge in [-0.1, -0.05) is 13.8 Å². The van der Waals surface area contributed by atoms with E-state index in [9.17, 15) is 9.59 Å². The summed E-state index contributed by atoms with van der Waals surface area (Å²) >= 11 is 0. The summed E-state index contributed by atoms with van der Waals surface area (Å²) in [5.41, 5.74) is 0.302. The third-order valence-electron chi connectivity index (χ3n) is 3.28. The lowest BCUT2D eigenvalue weighted by molar-refractivity contribution is -0.121. The number of carbonyl (C=O) groups is 2. The van der Waals surface area contributed by atoms with Crippen LogP contribution in [0.2, 0.25) is 0 Å². The minimum atomic E-state index is -0.191. The van der Waals surface area contributed by atoms with Crippen LogP contribution >= 0.6 is 0 Å². The maximum absolute atomic E-state index is 12.5. The molecule has 2 amide bonds. The number of methoxy groups -OCH3 is 1. The molecular weight excluding hydrogens is 296 g/mol. The molecule has 7 heteroatoms. The van der Waals surface area contributed by atoms with Crippen LogP contribution in [0.5, 0.6) is 0 Å². The molecule has 0 bridgehead atoms. The van der Waals surface area contributed by atoms with Crippen LogP contribution in [0.25, 0.3) is 0 Å². The normalized spacial score (nSPS) is 10.6. The lowest BCUT2D eigenvalue weighted by atomic mass is 10.1. The van der Waals surface area contributed by atoms with Gasteiger partial charge >= 0.3 is 0 Å². The van der Waals surface area contributed by atoms with Crippen molar-refractivity contribution in [3.63, 3.8) is 0 Å². The number of amides is 2. The number of rotatable bonds is 10. The number of ether oxygens (including phenoxy) is 1. The van der Waals surface area contributed by atoms with Crippen molar-refractivity contribution in [2.75, 3.05) is 33.4 Å². The summed E-state index contributed by atoms with van der Waals surface area (Å²) in [5.74, 6) is 0.190.